The molecule has 0 bridgehead atoms. The zero-order valence-electron chi connectivity index (χ0n) is 16.7. The summed E-state index contributed by atoms with van der Waals surface area (Å²) in [5.41, 5.74) is 3.06. The Labute approximate surface area is 177 Å². The molecule has 1 aliphatic rings. The molecule has 154 valence electrons. The van der Waals surface area contributed by atoms with E-state index < -0.39 is 0 Å². The number of benzene rings is 1. The quantitative estimate of drug-likeness (QED) is 0.367. The van der Waals surface area contributed by atoms with Crippen molar-refractivity contribution in [3.05, 3.63) is 54.1 Å². The maximum Gasteiger partial charge on any atom is 0.246 e. The number of nitrogens with zero attached hydrogens (tertiary/aromatic N) is 3. The highest BCUT2D eigenvalue weighted by molar-refractivity contribution is 7.80. The second kappa shape index (κ2) is 10.7. The summed E-state index contributed by atoms with van der Waals surface area (Å²) in [6.07, 6.45) is 8.16. The summed E-state index contributed by atoms with van der Waals surface area (Å²) >= 11 is 5.36. The van der Waals surface area contributed by atoms with Crippen LogP contribution >= 0.6 is 12.2 Å². The van der Waals surface area contributed by atoms with Crippen LogP contribution in [0.3, 0.4) is 0 Å². The van der Waals surface area contributed by atoms with E-state index in [0.29, 0.717) is 5.11 Å². The number of nitrogens with one attached hydrogen (secondary N) is 3. The van der Waals surface area contributed by atoms with E-state index in [9.17, 15) is 4.79 Å². The average molecular weight is 413 g/mol. The van der Waals surface area contributed by atoms with E-state index >= 15 is 0 Å². The van der Waals surface area contributed by atoms with E-state index in [4.69, 9.17) is 12.2 Å². The highest BCUT2D eigenvalue weighted by Gasteiger charge is 2.13. The van der Waals surface area contributed by atoms with Gasteiger partial charge in [-0.25, -0.2) is 4.98 Å². The summed E-state index contributed by atoms with van der Waals surface area (Å²) in [6.45, 7) is 6.99. The van der Waals surface area contributed by atoms with Crippen LogP contribution in [0.4, 0.5) is 5.69 Å². The smallest absolute Gasteiger partial charge is 0.246 e. The molecule has 1 aromatic heterocycles. The van der Waals surface area contributed by atoms with Gasteiger partial charge in [0.2, 0.25) is 5.91 Å². The summed E-state index contributed by atoms with van der Waals surface area (Å²) in [7, 11) is 0. The van der Waals surface area contributed by atoms with Crippen LogP contribution in [0.15, 0.2) is 42.9 Å². The van der Waals surface area contributed by atoms with E-state index in [1.165, 1.54) is 0 Å². The summed E-state index contributed by atoms with van der Waals surface area (Å²) in [6, 6.07) is 7.85. The van der Waals surface area contributed by atoms with Crippen LogP contribution in [0, 0.1) is 6.92 Å². The van der Waals surface area contributed by atoms with Crippen molar-refractivity contribution in [3.8, 4) is 0 Å². The second-order valence-electron chi connectivity index (χ2n) is 6.99. The lowest BCUT2D eigenvalue weighted by atomic mass is 10.2. The number of hydrogen-bond acceptors (Lipinski definition) is 4. The van der Waals surface area contributed by atoms with E-state index in [0.717, 1.165) is 62.6 Å². The van der Waals surface area contributed by atoms with Gasteiger partial charge in [0.05, 0.1) is 6.33 Å². The zero-order chi connectivity index (χ0) is 20.5. The molecule has 0 atom stereocenters. The van der Waals surface area contributed by atoms with Gasteiger partial charge in [0.15, 0.2) is 5.11 Å². The molecule has 1 aromatic carbocycles. The zero-order valence-corrected chi connectivity index (χ0v) is 17.5. The minimum Gasteiger partial charge on any atom is -0.362 e. The number of carbonyl (C=O) groups excluding carboxylic acids is 1. The number of amides is 1. The molecule has 3 N–H and O–H groups in total. The minimum atomic E-state index is 0.0602. The van der Waals surface area contributed by atoms with Gasteiger partial charge in [0.25, 0.3) is 0 Å². The summed E-state index contributed by atoms with van der Waals surface area (Å²) < 4.78 is 2.12. The number of carbonyl (C=O) groups is 1. The molecule has 0 spiro atoms. The van der Waals surface area contributed by atoms with Crippen LogP contribution in [-0.2, 0) is 11.3 Å². The fraction of sp³-hybridized carbons (Fsp3) is 0.381. The number of aryl methyl sites for hydroxylation is 2. The Balaban J connectivity index is 1.39. The van der Waals surface area contributed by atoms with Crippen LogP contribution in [0.5, 0.6) is 0 Å². The van der Waals surface area contributed by atoms with Crippen molar-refractivity contribution in [2.75, 3.05) is 38.0 Å². The highest BCUT2D eigenvalue weighted by Crippen LogP contribution is 2.11. The molecule has 0 radical (unpaired) electrons. The molecular weight excluding hydrogens is 384 g/mol. The Kier molecular flexibility index (Phi) is 7.77. The lowest BCUT2D eigenvalue weighted by Crippen LogP contribution is -2.45. The van der Waals surface area contributed by atoms with Gasteiger partial charge in [-0.2, -0.15) is 0 Å². The average Bonchev–Trinajstić information content (AvgIpc) is 3.16. The number of piperazine rings is 1. The van der Waals surface area contributed by atoms with Crippen molar-refractivity contribution in [2.45, 2.75) is 19.9 Å². The molecule has 3 rings (SSSR count). The number of rotatable bonds is 7. The molecule has 8 heteroatoms. The van der Waals surface area contributed by atoms with Crippen LogP contribution in [-0.4, -0.2) is 58.2 Å². The molecule has 0 saturated carbocycles. The maximum atomic E-state index is 12.2. The minimum absolute atomic E-state index is 0.0602. The SMILES string of the molecule is Cc1cncn1CCCNC(=S)Nc1ccc(/C=C/C(=O)N2CCNCC2)cc1. The molecule has 0 unspecified atom stereocenters. The van der Waals surface area contributed by atoms with Crippen molar-refractivity contribution < 1.29 is 4.79 Å². The Bertz CT molecular complexity index is 839. The van der Waals surface area contributed by atoms with E-state index in [1.807, 2.05) is 54.7 Å². The number of thiocarbonyl (C=S) groups is 1. The van der Waals surface area contributed by atoms with Gasteiger partial charge in [0, 0.05) is 62.9 Å². The molecule has 2 heterocycles. The van der Waals surface area contributed by atoms with E-state index in [2.05, 4.69) is 25.5 Å². The third-order valence-corrected chi connectivity index (χ3v) is 5.04. The standard InChI is InChI=1S/C21H28N6OS/c1-17-15-23-16-27(17)12-2-9-24-21(29)25-19-6-3-18(4-7-19)5-8-20(28)26-13-10-22-11-14-26/h3-8,15-16,22H,2,9-14H2,1H3,(H2,24,25,29)/b8-5+. The molecule has 1 saturated heterocycles. The van der Waals surface area contributed by atoms with Gasteiger partial charge >= 0.3 is 0 Å². The third-order valence-electron chi connectivity index (χ3n) is 4.80. The number of hydrogen-bond donors (Lipinski definition) is 3. The molecule has 29 heavy (non-hydrogen) atoms. The van der Waals surface area contributed by atoms with E-state index in [-0.39, 0.29) is 5.91 Å². The highest BCUT2D eigenvalue weighted by atomic mass is 32.1. The first-order valence-corrected chi connectivity index (χ1v) is 10.3. The number of imidazole rings is 1. The fourth-order valence-corrected chi connectivity index (χ4v) is 3.30. The normalized spacial score (nSPS) is 14.2. The largest absolute Gasteiger partial charge is 0.362 e. The topological polar surface area (TPSA) is 74.2 Å². The number of anilines is 1. The Morgan fingerprint density at radius 2 is 2.03 bits per heavy atom. The monoisotopic (exact) mass is 412 g/mol. The van der Waals surface area contributed by atoms with Crippen LogP contribution in [0.25, 0.3) is 6.08 Å². The molecule has 1 aliphatic heterocycles. The van der Waals surface area contributed by atoms with Crippen molar-refractivity contribution in [1.29, 1.82) is 0 Å². The molecular formula is C21H28N6OS. The Hall–Kier alpha value is -2.71. The summed E-state index contributed by atoms with van der Waals surface area (Å²) in [5.74, 6) is 0.0602. The second-order valence-corrected chi connectivity index (χ2v) is 7.40. The molecule has 1 fully saturated rings. The van der Waals surface area contributed by atoms with Gasteiger partial charge in [0.1, 0.15) is 0 Å². The molecule has 1 amide bonds. The lowest BCUT2D eigenvalue weighted by molar-refractivity contribution is -0.126. The number of aromatic nitrogens is 2. The molecule has 7 nitrogen and oxygen atoms in total. The first-order valence-electron chi connectivity index (χ1n) is 9.91. The Morgan fingerprint density at radius 3 is 2.72 bits per heavy atom. The predicted molar refractivity (Wildman–Crippen MR) is 121 cm³/mol. The van der Waals surface area contributed by atoms with Crippen molar-refractivity contribution >= 4 is 35.0 Å². The third kappa shape index (κ3) is 6.69. The van der Waals surface area contributed by atoms with Gasteiger partial charge in [-0.1, -0.05) is 12.1 Å². The van der Waals surface area contributed by atoms with Crippen LogP contribution in [0.2, 0.25) is 0 Å². The van der Waals surface area contributed by atoms with E-state index in [1.54, 1.807) is 6.08 Å². The summed E-state index contributed by atoms with van der Waals surface area (Å²) in [5, 5.41) is 10.3. The van der Waals surface area contributed by atoms with Crippen molar-refractivity contribution in [3.63, 3.8) is 0 Å². The van der Waals surface area contributed by atoms with Gasteiger partial charge in [-0.05, 0) is 49.3 Å². The first-order chi connectivity index (χ1) is 14.1. The summed E-state index contributed by atoms with van der Waals surface area (Å²) in [4.78, 5) is 18.2. The molecule has 0 aliphatic carbocycles. The van der Waals surface area contributed by atoms with Crippen LogP contribution in [0.1, 0.15) is 17.7 Å². The van der Waals surface area contributed by atoms with Gasteiger partial charge in [-0.3, -0.25) is 4.79 Å². The van der Waals surface area contributed by atoms with Crippen molar-refractivity contribution in [1.82, 2.24) is 25.1 Å². The molecule has 2 aromatic rings. The predicted octanol–water partition coefficient (Wildman–Crippen LogP) is 2.01. The first kappa shape index (κ1) is 21.0. The van der Waals surface area contributed by atoms with Gasteiger partial charge in [-0.15, -0.1) is 0 Å². The lowest BCUT2D eigenvalue weighted by Gasteiger charge is -2.26. The fourth-order valence-electron chi connectivity index (χ4n) is 3.08. The van der Waals surface area contributed by atoms with Crippen molar-refractivity contribution in [2.24, 2.45) is 0 Å². The van der Waals surface area contributed by atoms with Gasteiger partial charge < -0.3 is 25.4 Å². The maximum absolute atomic E-state index is 12.2. The Morgan fingerprint density at radius 1 is 1.28 bits per heavy atom. The van der Waals surface area contributed by atoms with Crippen LogP contribution < -0.4 is 16.0 Å².